The summed E-state index contributed by atoms with van der Waals surface area (Å²) >= 11 is 5.56. The van der Waals surface area contributed by atoms with E-state index in [9.17, 15) is 4.79 Å². The third kappa shape index (κ3) is 4.41. The number of carbonyl (C=O) groups is 1. The number of carbonyl (C=O) groups excluding carboxylic acids is 1. The number of benzene rings is 2. The number of hydrogen-bond donors (Lipinski definition) is 1. The minimum Gasteiger partial charge on any atom is -0.348 e. The fraction of sp³-hybridized carbons (Fsp3) is 0.118. The molecule has 0 aliphatic heterocycles. The molecule has 0 unspecified atom stereocenters. The molecule has 0 bridgehead atoms. The van der Waals surface area contributed by atoms with Crippen LogP contribution in [0.3, 0.4) is 0 Å². The Hall–Kier alpha value is -1.74. The molecular weight excluding hydrogens is 483 g/mol. The van der Waals surface area contributed by atoms with Gasteiger partial charge in [-0.25, -0.2) is 9.67 Å². The summed E-state index contributed by atoms with van der Waals surface area (Å²) in [6, 6.07) is 13.8. The van der Waals surface area contributed by atoms with Crippen LogP contribution in [0.15, 0.2) is 59.6 Å². The van der Waals surface area contributed by atoms with Crippen LogP contribution in [0, 0.1) is 3.57 Å². The highest BCUT2D eigenvalue weighted by molar-refractivity contribution is 14.1. The third-order valence-electron chi connectivity index (χ3n) is 3.46. The summed E-state index contributed by atoms with van der Waals surface area (Å²) in [4.78, 5) is 16.2. The van der Waals surface area contributed by atoms with Crippen molar-refractivity contribution in [3.63, 3.8) is 0 Å². The summed E-state index contributed by atoms with van der Waals surface area (Å²) in [6.07, 6.45) is 3.21. The van der Waals surface area contributed by atoms with Crippen LogP contribution in [0.2, 0.25) is 0 Å². The van der Waals surface area contributed by atoms with Crippen molar-refractivity contribution >= 4 is 44.4 Å². The summed E-state index contributed by atoms with van der Waals surface area (Å²) in [5, 5.41) is 7.04. The Balaban J connectivity index is 1.60. The fourth-order valence-corrected chi connectivity index (χ4v) is 3.15. The first-order valence-corrected chi connectivity index (χ1v) is 9.12. The molecule has 0 fully saturated rings. The molecule has 1 amide bonds. The van der Waals surface area contributed by atoms with Crippen LogP contribution in [0.5, 0.6) is 0 Å². The zero-order valence-electron chi connectivity index (χ0n) is 12.6. The highest BCUT2D eigenvalue weighted by Gasteiger charge is 2.10. The van der Waals surface area contributed by atoms with Gasteiger partial charge in [0.15, 0.2) is 0 Å². The first-order valence-electron chi connectivity index (χ1n) is 7.25. The van der Waals surface area contributed by atoms with Crippen molar-refractivity contribution in [2.45, 2.75) is 13.1 Å². The number of nitrogens with zero attached hydrogens (tertiary/aromatic N) is 3. The van der Waals surface area contributed by atoms with E-state index in [4.69, 9.17) is 0 Å². The zero-order chi connectivity index (χ0) is 16.9. The minimum absolute atomic E-state index is 0.0765. The van der Waals surface area contributed by atoms with Crippen LogP contribution in [0.1, 0.15) is 21.5 Å². The van der Waals surface area contributed by atoms with Gasteiger partial charge in [-0.15, -0.1) is 0 Å². The predicted octanol–water partition coefficient (Wildman–Crippen LogP) is 3.62. The van der Waals surface area contributed by atoms with E-state index >= 15 is 0 Å². The van der Waals surface area contributed by atoms with Gasteiger partial charge in [-0.05, 0) is 51.9 Å². The average Bonchev–Trinajstić information content (AvgIpc) is 3.09. The van der Waals surface area contributed by atoms with Crippen molar-refractivity contribution in [3.05, 3.63) is 79.9 Å². The van der Waals surface area contributed by atoms with Crippen molar-refractivity contribution in [2.75, 3.05) is 0 Å². The SMILES string of the molecule is O=C(NCc1ccc(Cn2cncn2)cc1)c1cc(Br)ccc1I. The molecule has 3 aromatic rings. The number of aromatic nitrogens is 3. The number of amides is 1. The highest BCUT2D eigenvalue weighted by Crippen LogP contribution is 2.18. The van der Waals surface area contributed by atoms with Gasteiger partial charge in [-0.3, -0.25) is 4.79 Å². The van der Waals surface area contributed by atoms with Crippen LogP contribution in [0.4, 0.5) is 0 Å². The molecule has 1 aromatic heterocycles. The maximum Gasteiger partial charge on any atom is 0.252 e. The van der Waals surface area contributed by atoms with Crippen LogP contribution in [0.25, 0.3) is 0 Å². The van der Waals surface area contributed by atoms with Crippen molar-refractivity contribution in [3.8, 4) is 0 Å². The highest BCUT2D eigenvalue weighted by atomic mass is 127. The lowest BCUT2D eigenvalue weighted by atomic mass is 10.1. The molecule has 0 saturated heterocycles. The van der Waals surface area contributed by atoms with Crippen LogP contribution < -0.4 is 5.32 Å². The maximum absolute atomic E-state index is 12.3. The zero-order valence-corrected chi connectivity index (χ0v) is 16.4. The van der Waals surface area contributed by atoms with Gasteiger partial charge in [0.1, 0.15) is 12.7 Å². The summed E-state index contributed by atoms with van der Waals surface area (Å²) in [6.45, 7) is 1.17. The molecule has 0 saturated carbocycles. The molecule has 5 nitrogen and oxygen atoms in total. The normalized spacial score (nSPS) is 10.6. The van der Waals surface area contributed by atoms with E-state index < -0.39 is 0 Å². The number of nitrogens with one attached hydrogen (secondary N) is 1. The largest absolute Gasteiger partial charge is 0.348 e. The first-order chi connectivity index (χ1) is 11.6. The van der Waals surface area contributed by atoms with Gasteiger partial charge in [-0.2, -0.15) is 5.10 Å². The molecule has 122 valence electrons. The maximum atomic E-state index is 12.3. The van der Waals surface area contributed by atoms with Gasteiger partial charge >= 0.3 is 0 Å². The second kappa shape index (κ2) is 7.89. The third-order valence-corrected chi connectivity index (χ3v) is 4.89. The van der Waals surface area contributed by atoms with Crippen molar-refractivity contribution in [1.82, 2.24) is 20.1 Å². The monoisotopic (exact) mass is 496 g/mol. The van der Waals surface area contributed by atoms with E-state index in [-0.39, 0.29) is 5.91 Å². The Bertz CT molecular complexity index is 834. The Morgan fingerprint density at radius 1 is 1.17 bits per heavy atom. The summed E-state index contributed by atoms with van der Waals surface area (Å²) in [5.41, 5.74) is 2.86. The number of rotatable bonds is 5. The fourth-order valence-electron chi connectivity index (χ4n) is 2.21. The van der Waals surface area contributed by atoms with Crippen molar-refractivity contribution in [2.24, 2.45) is 0 Å². The topological polar surface area (TPSA) is 59.8 Å². The standard InChI is InChI=1S/C17H14BrIN4O/c18-14-5-6-16(19)15(7-14)17(24)21-8-12-1-3-13(4-2-12)9-23-11-20-10-22-23/h1-7,10-11H,8-9H2,(H,21,24). The molecule has 2 aromatic carbocycles. The molecule has 0 spiro atoms. The first kappa shape index (κ1) is 17.1. The van der Waals surface area contributed by atoms with E-state index in [2.05, 4.69) is 53.9 Å². The predicted molar refractivity (Wildman–Crippen MR) is 104 cm³/mol. The van der Waals surface area contributed by atoms with Crippen molar-refractivity contribution < 1.29 is 4.79 Å². The molecule has 7 heteroatoms. The van der Waals surface area contributed by atoms with Crippen LogP contribution in [-0.2, 0) is 13.1 Å². The van der Waals surface area contributed by atoms with Gasteiger partial charge in [-0.1, -0.05) is 40.2 Å². The van der Waals surface area contributed by atoms with E-state index in [0.717, 1.165) is 19.2 Å². The lowest BCUT2D eigenvalue weighted by Crippen LogP contribution is -2.23. The van der Waals surface area contributed by atoms with E-state index in [1.807, 2.05) is 42.5 Å². The van der Waals surface area contributed by atoms with Gasteiger partial charge < -0.3 is 5.32 Å². The quantitative estimate of drug-likeness (QED) is 0.549. The number of halogens is 2. The molecule has 3 rings (SSSR count). The van der Waals surface area contributed by atoms with E-state index in [0.29, 0.717) is 18.7 Å². The second-order valence-electron chi connectivity index (χ2n) is 5.22. The Morgan fingerprint density at radius 2 is 1.92 bits per heavy atom. The van der Waals surface area contributed by atoms with Gasteiger partial charge in [0.25, 0.3) is 5.91 Å². The molecular formula is C17H14BrIN4O. The Kier molecular flexibility index (Phi) is 5.62. The van der Waals surface area contributed by atoms with Gasteiger partial charge in [0.2, 0.25) is 0 Å². The van der Waals surface area contributed by atoms with E-state index in [1.165, 1.54) is 6.33 Å². The molecule has 0 aliphatic rings. The molecule has 0 atom stereocenters. The van der Waals surface area contributed by atoms with Crippen LogP contribution in [-0.4, -0.2) is 20.7 Å². The molecule has 1 N–H and O–H groups in total. The van der Waals surface area contributed by atoms with Gasteiger partial charge in [0, 0.05) is 14.6 Å². The van der Waals surface area contributed by atoms with Gasteiger partial charge in [0.05, 0.1) is 12.1 Å². The minimum atomic E-state index is -0.0765. The Morgan fingerprint density at radius 3 is 2.62 bits per heavy atom. The number of hydrogen-bond acceptors (Lipinski definition) is 3. The Labute approximate surface area is 161 Å². The van der Waals surface area contributed by atoms with Crippen LogP contribution >= 0.6 is 38.5 Å². The summed E-state index contributed by atoms with van der Waals surface area (Å²) < 4.78 is 3.59. The summed E-state index contributed by atoms with van der Waals surface area (Å²) in [5.74, 6) is -0.0765. The molecule has 0 radical (unpaired) electrons. The smallest absolute Gasteiger partial charge is 0.252 e. The average molecular weight is 497 g/mol. The molecule has 1 heterocycles. The van der Waals surface area contributed by atoms with E-state index in [1.54, 1.807) is 11.0 Å². The second-order valence-corrected chi connectivity index (χ2v) is 7.29. The summed E-state index contributed by atoms with van der Waals surface area (Å²) in [7, 11) is 0. The van der Waals surface area contributed by atoms with Crippen molar-refractivity contribution in [1.29, 1.82) is 0 Å². The lowest BCUT2D eigenvalue weighted by Gasteiger charge is -2.08. The molecule has 0 aliphatic carbocycles. The molecule has 24 heavy (non-hydrogen) atoms. The lowest BCUT2D eigenvalue weighted by molar-refractivity contribution is 0.0950.